The van der Waals surface area contributed by atoms with Gasteiger partial charge in [0.05, 0.1) is 19.1 Å². The van der Waals surface area contributed by atoms with E-state index in [1.165, 1.54) is 30.7 Å². The van der Waals surface area contributed by atoms with Gasteiger partial charge in [-0.05, 0) is 17.7 Å². The van der Waals surface area contributed by atoms with Gasteiger partial charge in [0.1, 0.15) is 0 Å². The summed E-state index contributed by atoms with van der Waals surface area (Å²) >= 11 is 0. The normalized spacial score (nSPS) is 11.5. The molecule has 0 radical (unpaired) electrons. The standard InChI is InChI=1S/C17H21NO4S/c1-4-18(13-14-8-6-5-7-9-14)23(19,20)15-10-11-16(21-2)17(12-15)22-3/h5-12H,4,13H2,1-3H3. The molecule has 0 aliphatic heterocycles. The molecule has 0 amide bonds. The fourth-order valence-corrected chi connectivity index (χ4v) is 3.73. The monoisotopic (exact) mass is 335 g/mol. The summed E-state index contributed by atoms with van der Waals surface area (Å²) in [4.78, 5) is 0.188. The van der Waals surface area contributed by atoms with Crippen molar-refractivity contribution in [3.8, 4) is 11.5 Å². The van der Waals surface area contributed by atoms with Crippen molar-refractivity contribution < 1.29 is 17.9 Å². The van der Waals surface area contributed by atoms with Gasteiger partial charge in [-0.1, -0.05) is 37.3 Å². The lowest BCUT2D eigenvalue weighted by atomic mass is 10.2. The molecule has 0 saturated heterocycles. The molecular weight excluding hydrogens is 314 g/mol. The van der Waals surface area contributed by atoms with Gasteiger partial charge >= 0.3 is 0 Å². The largest absolute Gasteiger partial charge is 0.493 e. The van der Waals surface area contributed by atoms with Crippen molar-refractivity contribution in [2.45, 2.75) is 18.4 Å². The Kier molecular flexibility index (Phi) is 5.63. The summed E-state index contributed by atoms with van der Waals surface area (Å²) in [6, 6.07) is 14.1. The molecule has 0 aromatic heterocycles. The van der Waals surface area contributed by atoms with Gasteiger partial charge < -0.3 is 9.47 Å². The quantitative estimate of drug-likeness (QED) is 0.781. The summed E-state index contributed by atoms with van der Waals surface area (Å²) in [7, 11) is -0.614. The first-order valence-electron chi connectivity index (χ1n) is 7.29. The Morgan fingerprint density at radius 2 is 1.61 bits per heavy atom. The lowest BCUT2D eigenvalue weighted by Crippen LogP contribution is -2.30. The van der Waals surface area contributed by atoms with Gasteiger partial charge in [-0.2, -0.15) is 4.31 Å². The van der Waals surface area contributed by atoms with Crippen LogP contribution in [0.5, 0.6) is 11.5 Å². The number of nitrogens with zero attached hydrogens (tertiary/aromatic N) is 1. The van der Waals surface area contributed by atoms with E-state index in [2.05, 4.69) is 0 Å². The minimum Gasteiger partial charge on any atom is -0.493 e. The second-order valence-electron chi connectivity index (χ2n) is 4.93. The molecular formula is C17H21NO4S. The van der Waals surface area contributed by atoms with Crippen LogP contribution in [0.25, 0.3) is 0 Å². The first-order chi connectivity index (χ1) is 11.0. The molecule has 23 heavy (non-hydrogen) atoms. The van der Waals surface area contributed by atoms with Crippen LogP contribution in [-0.4, -0.2) is 33.5 Å². The Labute approximate surface area is 137 Å². The van der Waals surface area contributed by atoms with Crippen molar-refractivity contribution in [3.05, 3.63) is 54.1 Å². The molecule has 2 aromatic carbocycles. The second kappa shape index (κ2) is 7.48. The lowest BCUT2D eigenvalue weighted by Gasteiger charge is -2.21. The van der Waals surface area contributed by atoms with Crippen LogP contribution < -0.4 is 9.47 Å². The van der Waals surface area contributed by atoms with Gasteiger partial charge in [-0.25, -0.2) is 8.42 Å². The maximum atomic E-state index is 12.9. The smallest absolute Gasteiger partial charge is 0.243 e. The molecule has 0 aliphatic carbocycles. The Morgan fingerprint density at radius 1 is 0.957 bits per heavy atom. The van der Waals surface area contributed by atoms with Crippen LogP contribution in [0.1, 0.15) is 12.5 Å². The minimum absolute atomic E-state index is 0.188. The number of rotatable bonds is 7. The van der Waals surface area contributed by atoms with E-state index in [0.717, 1.165) is 5.56 Å². The first kappa shape index (κ1) is 17.3. The minimum atomic E-state index is -3.61. The highest BCUT2D eigenvalue weighted by Crippen LogP contribution is 2.30. The van der Waals surface area contributed by atoms with Crippen LogP contribution in [0.4, 0.5) is 0 Å². The number of benzene rings is 2. The van der Waals surface area contributed by atoms with Crippen LogP contribution in [0.2, 0.25) is 0 Å². The Balaban J connectivity index is 2.35. The third kappa shape index (κ3) is 3.83. The summed E-state index contributed by atoms with van der Waals surface area (Å²) in [6.07, 6.45) is 0. The summed E-state index contributed by atoms with van der Waals surface area (Å²) in [5, 5.41) is 0. The number of hydrogen-bond donors (Lipinski definition) is 0. The third-order valence-corrected chi connectivity index (χ3v) is 5.46. The zero-order valence-corrected chi connectivity index (χ0v) is 14.3. The van der Waals surface area contributed by atoms with E-state index < -0.39 is 10.0 Å². The highest BCUT2D eigenvalue weighted by molar-refractivity contribution is 7.89. The van der Waals surface area contributed by atoms with Crippen molar-refractivity contribution in [2.75, 3.05) is 20.8 Å². The second-order valence-corrected chi connectivity index (χ2v) is 6.87. The van der Waals surface area contributed by atoms with Crippen molar-refractivity contribution in [2.24, 2.45) is 0 Å². The maximum Gasteiger partial charge on any atom is 0.243 e. The zero-order chi connectivity index (χ0) is 16.9. The third-order valence-electron chi connectivity index (χ3n) is 3.55. The molecule has 0 aliphatic rings. The molecule has 0 spiro atoms. The molecule has 0 unspecified atom stereocenters. The Hall–Kier alpha value is -2.05. The van der Waals surface area contributed by atoms with E-state index in [1.54, 1.807) is 6.07 Å². The highest BCUT2D eigenvalue weighted by Gasteiger charge is 2.24. The van der Waals surface area contributed by atoms with Gasteiger partial charge in [-0.15, -0.1) is 0 Å². The molecule has 2 rings (SSSR count). The molecule has 0 fully saturated rings. The maximum absolute atomic E-state index is 12.9. The van der Waals surface area contributed by atoms with Crippen molar-refractivity contribution >= 4 is 10.0 Å². The van der Waals surface area contributed by atoms with E-state index in [-0.39, 0.29) is 4.90 Å². The van der Waals surface area contributed by atoms with Crippen LogP contribution >= 0.6 is 0 Å². The predicted molar refractivity (Wildman–Crippen MR) is 89.3 cm³/mol. The number of sulfonamides is 1. The van der Waals surface area contributed by atoms with Crippen molar-refractivity contribution in [3.63, 3.8) is 0 Å². The van der Waals surface area contributed by atoms with Gasteiger partial charge in [0, 0.05) is 19.2 Å². The number of methoxy groups -OCH3 is 2. The van der Waals surface area contributed by atoms with Gasteiger partial charge in [0.15, 0.2) is 11.5 Å². The molecule has 6 heteroatoms. The van der Waals surface area contributed by atoms with Gasteiger partial charge in [-0.3, -0.25) is 0 Å². The Bertz CT molecular complexity index is 744. The molecule has 0 heterocycles. The SMILES string of the molecule is CCN(Cc1ccccc1)S(=O)(=O)c1ccc(OC)c(OC)c1. The Morgan fingerprint density at radius 3 is 2.17 bits per heavy atom. The number of hydrogen-bond acceptors (Lipinski definition) is 4. The van der Waals surface area contributed by atoms with Crippen LogP contribution in [0, 0.1) is 0 Å². The first-order valence-corrected chi connectivity index (χ1v) is 8.73. The topological polar surface area (TPSA) is 55.8 Å². The van der Waals surface area contributed by atoms with E-state index in [9.17, 15) is 8.42 Å². The van der Waals surface area contributed by atoms with Crippen LogP contribution in [0.3, 0.4) is 0 Å². The summed E-state index contributed by atoms with van der Waals surface area (Å²) < 4.78 is 37.5. The van der Waals surface area contributed by atoms with E-state index >= 15 is 0 Å². The van der Waals surface area contributed by atoms with Gasteiger partial charge in [0.25, 0.3) is 0 Å². The van der Waals surface area contributed by atoms with Gasteiger partial charge in [0.2, 0.25) is 10.0 Å². The predicted octanol–water partition coefficient (Wildman–Crippen LogP) is 2.91. The average molecular weight is 335 g/mol. The number of ether oxygens (including phenoxy) is 2. The van der Waals surface area contributed by atoms with Crippen molar-refractivity contribution in [1.82, 2.24) is 4.31 Å². The zero-order valence-electron chi connectivity index (χ0n) is 13.5. The lowest BCUT2D eigenvalue weighted by molar-refractivity contribution is 0.353. The van der Waals surface area contributed by atoms with Crippen LogP contribution in [0.15, 0.2) is 53.4 Å². The molecule has 0 atom stereocenters. The molecule has 124 valence electrons. The molecule has 0 saturated carbocycles. The van der Waals surface area contributed by atoms with E-state index in [0.29, 0.717) is 24.6 Å². The summed E-state index contributed by atoms with van der Waals surface area (Å²) in [5.41, 5.74) is 0.943. The molecule has 2 aromatic rings. The molecule has 0 N–H and O–H groups in total. The van der Waals surface area contributed by atoms with Crippen LogP contribution in [-0.2, 0) is 16.6 Å². The molecule has 0 bridgehead atoms. The van der Waals surface area contributed by atoms with E-state index in [4.69, 9.17) is 9.47 Å². The van der Waals surface area contributed by atoms with Crippen molar-refractivity contribution in [1.29, 1.82) is 0 Å². The van der Waals surface area contributed by atoms with E-state index in [1.807, 2.05) is 37.3 Å². The molecule has 5 nitrogen and oxygen atoms in total. The average Bonchev–Trinajstić information content (AvgIpc) is 2.59. The fraction of sp³-hybridized carbons (Fsp3) is 0.294. The highest BCUT2D eigenvalue weighted by atomic mass is 32.2. The summed E-state index contributed by atoms with van der Waals surface area (Å²) in [6.45, 7) is 2.53. The fourth-order valence-electron chi connectivity index (χ4n) is 2.28. The summed E-state index contributed by atoms with van der Waals surface area (Å²) in [5.74, 6) is 0.891.